The molecule has 1 aliphatic rings. The van der Waals surface area contributed by atoms with Crippen LogP contribution in [0.3, 0.4) is 0 Å². The van der Waals surface area contributed by atoms with Crippen LogP contribution < -0.4 is 20.3 Å². The second kappa shape index (κ2) is 5.75. The van der Waals surface area contributed by atoms with Gasteiger partial charge in [-0.2, -0.15) is 0 Å². The summed E-state index contributed by atoms with van der Waals surface area (Å²) in [6, 6.07) is 4.27. The SMILES string of the molecule is CNCC1Nc2ccc(OC(F)(F)F)cc2N1C.Cl. The minimum atomic E-state index is -4.66. The van der Waals surface area contributed by atoms with Gasteiger partial charge in [0, 0.05) is 19.7 Å². The first-order valence-electron chi connectivity index (χ1n) is 5.44. The zero-order valence-corrected chi connectivity index (χ0v) is 11.2. The van der Waals surface area contributed by atoms with Crippen LogP contribution >= 0.6 is 12.4 Å². The first kappa shape index (κ1) is 15.7. The summed E-state index contributed by atoms with van der Waals surface area (Å²) in [7, 11) is 3.63. The Kier molecular flexibility index (Phi) is 4.75. The molecule has 1 heterocycles. The quantitative estimate of drug-likeness (QED) is 0.898. The number of alkyl halides is 3. The molecule has 0 bridgehead atoms. The third-order valence-electron chi connectivity index (χ3n) is 2.77. The molecule has 8 heteroatoms. The molecule has 1 aromatic rings. The number of anilines is 2. The Morgan fingerprint density at radius 1 is 1.42 bits per heavy atom. The highest BCUT2D eigenvalue weighted by molar-refractivity contribution is 5.85. The van der Waals surface area contributed by atoms with E-state index in [-0.39, 0.29) is 24.3 Å². The number of fused-ring (bicyclic) bond motifs is 1. The smallest absolute Gasteiger partial charge is 0.406 e. The molecule has 0 spiro atoms. The van der Waals surface area contributed by atoms with Crippen molar-refractivity contribution in [3.8, 4) is 5.75 Å². The third kappa shape index (κ3) is 3.57. The fraction of sp³-hybridized carbons (Fsp3) is 0.455. The maximum Gasteiger partial charge on any atom is 0.573 e. The van der Waals surface area contributed by atoms with Crippen LogP contribution in [0, 0.1) is 0 Å². The van der Waals surface area contributed by atoms with Crippen LogP contribution in [-0.2, 0) is 0 Å². The van der Waals surface area contributed by atoms with E-state index in [9.17, 15) is 13.2 Å². The zero-order chi connectivity index (χ0) is 13.3. The number of benzene rings is 1. The summed E-state index contributed by atoms with van der Waals surface area (Å²) < 4.78 is 40.3. The summed E-state index contributed by atoms with van der Waals surface area (Å²) >= 11 is 0. The molecule has 108 valence electrons. The molecule has 1 atom stereocenters. The van der Waals surface area contributed by atoms with Crippen LogP contribution in [0.1, 0.15) is 0 Å². The van der Waals surface area contributed by atoms with E-state index in [1.165, 1.54) is 12.1 Å². The number of hydrogen-bond acceptors (Lipinski definition) is 4. The van der Waals surface area contributed by atoms with Gasteiger partial charge in [-0.05, 0) is 19.2 Å². The van der Waals surface area contributed by atoms with Gasteiger partial charge in [0.2, 0.25) is 0 Å². The fourth-order valence-electron chi connectivity index (χ4n) is 1.95. The van der Waals surface area contributed by atoms with Crippen molar-refractivity contribution < 1.29 is 17.9 Å². The van der Waals surface area contributed by atoms with E-state index in [0.717, 1.165) is 5.69 Å². The molecule has 19 heavy (non-hydrogen) atoms. The van der Waals surface area contributed by atoms with Crippen LogP contribution in [0.25, 0.3) is 0 Å². The van der Waals surface area contributed by atoms with Gasteiger partial charge in [0.25, 0.3) is 0 Å². The zero-order valence-electron chi connectivity index (χ0n) is 10.4. The summed E-state index contributed by atoms with van der Waals surface area (Å²) in [5, 5.41) is 6.21. The van der Waals surface area contributed by atoms with Crippen LogP contribution in [0.5, 0.6) is 5.75 Å². The average molecular weight is 298 g/mol. The molecule has 0 saturated carbocycles. The Morgan fingerprint density at radius 3 is 2.68 bits per heavy atom. The molecule has 0 amide bonds. The number of ether oxygens (including phenoxy) is 1. The van der Waals surface area contributed by atoms with Crippen LogP contribution in [0.15, 0.2) is 18.2 Å². The molecule has 1 aromatic carbocycles. The average Bonchev–Trinajstić information content (AvgIpc) is 2.55. The summed E-state index contributed by atoms with van der Waals surface area (Å²) in [6.07, 6.45) is -4.64. The first-order chi connectivity index (χ1) is 8.40. The van der Waals surface area contributed by atoms with Gasteiger partial charge in [0.15, 0.2) is 0 Å². The van der Waals surface area contributed by atoms with Crippen LogP contribution in [-0.4, -0.2) is 33.2 Å². The van der Waals surface area contributed by atoms with Crippen molar-refractivity contribution in [1.29, 1.82) is 0 Å². The summed E-state index contributed by atoms with van der Waals surface area (Å²) in [5.41, 5.74) is 1.49. The van der Waals surface area contributed by atoms with Gasteiger partial charge in [-0.25, -0.2) is 0 Å². The first-order valence-corrected chi connectivity index (χ1v) is 5.44. The van der Waals surface area contributed by atoms with E-state index < -0.39 is 6.36 Å². The van der Waals surface area contributed by atoms with Gasteiger partial charge in [-0.1, -0.05) is 0 Å². The fourth-order valence-corrected chi connectivity index (χ4v) is 1.95. The van der Waals surface area contributed by atoms with Crippen molar-refractivity contribution in [3.63, 3.8) is 0 Å². The van der Waals surface area contributed by atoms with E-state index in [0.29, 0.717) is 12.2 Å². The van der Waals surface area contributed by atoms with Crippen molar-refractivity contribution in [2.75, 3.05) is 30.9 Å². The molecule has 2 N–H and O–H groups in total. The van der Waals surface area contributed by atoms with Gasteiger partial charge >= 0.3 is 6.36 Å². The van der Waals surface area contributed by atoms with Crippen LogP contribution in [0.2, 0.25) is 0 Å². The van der Waals surface area contributed by atoms with E-state index in [2.05, 4.69) is 15.4 Å². The lowest BCUT2D eigenvalue weighted by molar-refractivity contribution is -0.274. The van der Waals surface area contributed by atoms with Crippen molar-refractivity contribution >= 4 is 23.8 Å². The normalized spacial score (nSPS) is 17.5. The van der Waals surface area contributed by atoms with Crippen LogP contribution in [0.4, 0.5) is 24.5 Å². The standard InChI is InChI=1S/C11H14F3N3O.ClH/c1-15-6-10-16-8-4-3-7(18-11(12,13)14)5-9(8)17(10)2;/h3-5,10,15-16H,6H2,1-2H3;1H. The lowest BCUT2D eigenvalue weighted by Gasteiger charge is -2.21. The van der Waals surface area contributed by atoms with Crippen molar-refractivity contribution in [2.45, 2.75) is 12.5 Å². The highest BCUT2D eigenvalue weighted by Gasteiger charge is 2.32. The molecule has 0 aromatic heterocycles. The van der Waals surface area contributed by atoms with Crippen molar-refractivity contribution in [3.05, 3.63) is 18.2 Å². The molecule has 0 fully saturated rings. The predicted molar refractivity (Wildman–Crippen MR) is 70.1 cm³/mol. The van der Waals surface area contributed by atoms with Gasteiger partial charge in [-0.3, -0.25) is 0 Å². The van der Waals surface area contributed by atoms with E-state index >= 15 is 0 Å². The number of hydrogen-bond donors (Lipinski definition) is 2. The van der Waals surface area contributed by atoms with Gasteiger partial charge in [0.05, 0.1) is 11.4 Å². The number of nitrogens with one attached hydrogen (secondary N) is 2. The molecular weight excluding hydrogens is 283 g/mol. The van der Waals surface area contributed by atoms with E-state index in [1.54, 1.807) is 6.07 Å². The van der Waals surface area contributed by atoms with Crippen molar-refractivity contribution in [1.82, 2.24) is 5.32 Å². The van der Waals surface area contributed by atoms with Crippen molar-refractivity contribution in [2.24, 2.45) is 0 Å². The Balaban J connectivity index is 0.00000180. The monoisotopic (exact) mass is 297 g/mol. The number of rotatable bonds is 3. The molecule has 0 radical (unpaired) electrons. The molecule has 1 aliphatic heterocycles. The largest absolute Gasteiger partial charge is 0.573 e. The molecule has 4 nitrogen and oxygen atoms in total. The maximum absolute atomic E-state index is 12.1. The highest BCUT2D eigenvalue weighted by Crippen LogP contribution is 2.37. The van der Waals surface area contributed by atoms with E-state index in [1.807, 2.05) is 19.0 Å². The minimum Gasteiger partial charge on any atom is -0.406 e. The Morgan fingerprint density at radius 2 is 2.11 bits per heavy atom. The summed E-state index contributed by atoms with van der Waals surface area (Å²) in [6.45, 7) is 0.681. The second-order valence-electron chi connectivity index (χ2n) is 4.06. The summed E-state index contributed by atoms with van der Waals surface area (Å²) in [5.74, 6) is -0.208. The molecule has 1 unspecified atom stereocenters. The Labute approximate surface area is 115 Å². The van der Waals surface area contributed by atoms with Gasteiger partial charge in [-0.15, -0.1) is 25.6 Å². The highest BCUT2D eigenvalue weighted by atomic mass is 35.5. The Hall–Kier alpha value is -1.34. The molecule has 0 saturated heterocycles. The summed E-state index contributed by atoms with van der Waals surface area (Å²) in [4.78, 5) is 1.87. The minimum absolute atomic E-state index is 0. The molecule has 0 aliphatic carbocycles. The predicted octanol–water partition coefficient (Wildman–Crippen LogP) is 2.41. The lowest BCUT2D eigenvalue weighted by Crippen LogP contribution is -2.40. The topological polar surface area (TPSA) is 36.5 Å². The molecule has 2 rings (SSSR count). The molecular formula is C11H15ClF3N3O. The maximum atomic E-state index is 12.1. The number of nitrogens with zero attached hydrogens (tertiary/aromatic N) is 1. The lowest BCUT2D eigenvalue weighted by atomic mass is 10.2. The Bertz CT molecular complexity index is 442. The number of likely N-dealkylation sites (N-methyl/N-ethyl adjacent to an activating group) is 2. The number of halogens is 4. The second-order valence-corrected chi connectivity index (χ2v) is 4.06. The van der Waals surface area contributed by atoms with Gasteiger partial charge in [0.1, 0.15) is 11.9 Å². The van der Waals surface area contributed by atoms with E-state index in [4.69, 9.17) is 0 Å². The van der Waals surface area contributed by atoms with Gasteiger partial charge < -0.3 is 20.3 Å². The third-order valence-corrected chi connectivity index (χ3v) is 2.77.